The standard InChI is InChI=1S/C15H22N2O2/c1-19-11-12-6-5-9-17(10-12)15(18)14(16)13-7-3-2-4-8-13/h2-4,7-8,12,14H,5-6,9-11,16H2,1H3/t12-,14-/m0/s1. The van der Waals surface area contributed by atoms with E-state index in [0.29, 0.717) is 12.5 Å². The quantitative estimate of drug-likeness (QED) is 0.896. The Kier molecular flexibility index (Phi) is 4.93. The molecule has 1 amide bonds. The molecular formula is C15H22N2O2. The molecule has 1 aliphatic heterocycles. The summed E-state index contributed by atoms with van der Waals surface area (Å²) in [7, 11) is 1.70. The van der Waals surface area contributed by atoms with Gasteiger partial charge in [0.2, 0.25) is 5.91 Å². The molecule has 2 atom stereocenters. The summed E-state index contributed by atoms with van der Waals surface area (Å²) in [5.41, 5.74) is 6.94. The fraction of sp³-hybridized carbons (Fsp3) is 0.533. The van der Waals surface area contributed by atoms with Crippen LogP contribution in [-0.2, 0) is 9.53 Å². The highest BCUT2D eigenvalue weighted by atomic mass is 16.5. The van der Waals surface area contributed by atoms with Gasteiger partial charge in [0.15, 0.2) is 0 Å². The maximum absolute atomic E-state index is 12.4. The van der Waals surface area contributed by atoms with Crippen LogP contribution in [0.4, 0.5) is 0 Å². The predicted octanol–water partition coefficient (Wildman–Crippen LogP) is 1.57. The molecule has 0 aromatic heterocycles. The van der Waals surface area contributed by atoms with E-state index < -0.39 is 6.04 Å². The molecule has 1 aliphatic rings. The van der Waals surface area contributed by atoms with Crippen LogP contribution in [0, 0.1) is 5.92 Å². The van der Waals surface area contributed by atoms with Crippen LogP contribution in [0.5, 0.6) is 0 Å². The fourth-order valence-electron chi connectivity index (χ4n) is 2.64. The minimum Gasteiger partial charge on any atom is -0.384 e. The summed E-state index contributed by atoms with van der Waals surface area (Å²) < 4.78 is 5.19. The van der Waals surface area contributed by atoms with Gasteiger partial charge in [0.05, 0.1) is 6.61 Å². The molecular weight excluding hydrogens is 240 g/mol. The Balaban J connectivity index is 1.99. The minimum atomic E-state index is -0.553. The van der Waals surface area contributed by atoms with Gasteiger partial charge in [-0.2, -0.15) is 0 Å². The second-order valence-corrected chi connectivity index (χ2v) is 5.14. The first-order valence-electron chi connectivity index (χ1n) is 6.80. The van der Waals surface area contributed by atoms with Crippen LogP contribution in [0.3, 0.4) is 0 Å². The highest BCUT2D eigenvalue weighted by Gasteiger charge is 2.27. The number of likely N-dealkylation sites (tertiary alicyclic amines) is 1. The fourth-order valence-corrected chi connectivity index (χ4v) is 2.64. The third-order valence-corrected chi connectivity index (χ3v) is 3.66. The number of hydrogen-bond acceptors (Lipinski definition) is 3. The zero-order valence-electron chi connectivity index (χ0n) is 11.4. The van der Waals surface area contributed by atoms with E-state index in [9.17, 15) is 4.79 Å². The highest BCUT2D eigenvalue weighted by Crippen LogP contribution is 2.20. The van der Waals surface area contributed by atoms with E-state index in [1.807, 2.05) is 35.2 Å². The van der Waals surface area contributed by atoms with Crippen LogP contribution in [0.2, 0.25) is 0 Å². The Morgan fingerprint density at radius 3 is 2.89 bits per heavy atom. The zero-order chi connectivity index (χ0) is 13.7. The van der Waals surface area contributed by atoms with E-state index in [4.69, 9.17) is 10.5 Å². The lowest BCUT2D eigenvalue weighted by molar-refractivity contribution is -0.135. The van der Waals surface area contributed by atoms with E-state index in [-0.39, 0.29) is 5.91 Å². The van der Waals surface area contributed by atoms with Crippen molar-refractivity contribution in [3.8, 4) is 0 Å². The first kappa shape index (κ1) is 14.0. The van der Waals surface area contributed by atoms with Crippen molar-refractivity contribution in [1.82, 2.24) is 4.90 Å². The molecule has 104 valence electrons. The number of hydrogen-bond donors (Lipinski definition) is 1. The van der Waals surface area contributed by atoms with E-state index in [1.54, 1.807) is 7.11 Å². The van der Waals surface area contributed by atoms with Gasteiger partial charge in [-0.25, -0.2) is 0 Å². The maximum Gasteiger partial charge on any atom is 0.244 e. The highest BCUT2D eigenvalue weighted by molar-refractivity contribution is 5.83. The van der Waals surface area contributed by atoms with Crippen molar-refractivity contribution >= 4 is 5.91 Å². The third-order valence-electron chi connectivity index (χ3n) is 3.66. The first-order valence-corrected chi connectivity index (χ1v) is 6.80. The predicted molar refractivity (Wildman–Crippen MR) is 74.6 cm³/mol. The average molecular weight is 262 g/mol. The van der Waals surface area contributed by atoms with Crippen LogP contribution >= 0.6 is 0 Å². The molecule has 0 bridgehead atoms. The molecule has 0 aliphatic carbocycles. The molecule has 0 unspecified atom stereocenters. The summed E-state index contributed by atoms with van der Waals surface area (Å²) in [5, 5.41) is 0. The van der Waals surface area contributed by atoms with E-state index in [0.717, 1.165) is 31.5 Å². The third kappa shape index (κ3) is 3.55. The molecule has 1 saturated heterocycles. The van der Waals surface area contributed by atoms with Gasteiger partial charge in [-0.3, -0.25) is 4.79 Å². The second-order valence-electron chi connectivity index (χ2n) is 5.14. The minimum absolute atomic E-state index is 0.0204. The van der Waals surface area contributed by atoms with Crippen molar-refractivity contribution in [2.45, 2.75) is 18.9 Å². The van der Waals surface area contributed by atoms with Crippen molar-refractivity contribution in [1.29, 1.82) is 0 Å². The molecule has 19 heavy (non-hydrogen) atoms. The summed E-state index contributed by atoms with van der Waals surface area (Å²) in [6.07, 6.45) is 2.15. The zero-order valence-corrected chi connectivity index (χ0v) is 11.4. The Labute approximate surface area is 114 Å². The van der Waals surface area contributed by atoms with Crippen LogP contribution in [0.1, 0.15) is 24.4 Å². The SMILES string of the molecule is COC[C@H]1CCCN(C(=O)[C@@H](N)c2ccccc2)C1. The molecule has 0 spiro atoms. The number of carbonyl (C=O) groups is 1. The largest absolute Gasteiger partial charge is 0.384 e. The normalized spacial score (nSPS) is 21.2. The van der Waals surface area contributed by atoms with Gasteiger partial charge in [-0.05, 0) is 24.3 Å². The van der Waals surface area contributed by atoms with Gasteiger partial charge in [0.25, 0.3) is 0 Å². The number of ether oxygens (including phenoxy) is 1. The lowest BCUT2D eigenvalue weighted by atomic mass is 9.97. The molecule has 4 heteroatoms. The first-order chi connectivity index (χ1) is 9.22. The lowest BCUT2D eigenvalue weighted by Crippen LogP contribution is -2.45. The van der Waals surface area contributed by atoms with Crippen molar-refractivity contribution in [3.05, 3.63) is 35.9 Å². The second kappa shape index (κ2) is 6.68. The summed E-state index contributed by atoms with van der Waals surface area (Å²) in [6, 6.07) is 9.00. The Bertz CT molecular complexity index is 406. The number of nitrogens with zero attached hydrogens (tertiary/aromatic N) is 1. The number of carbonyl (C=O) groups excluding carboxylic acids is 1. The Hall–Kier alpha value is -1.39. The molecule has 1 aromatic rings. The number of benzene rings is 1. The van der Waals surface area contributed by atoms with E-state index in [1.165, 1.54) is 0 Å². The van der Waals surface area contributed by atoms with Crippen molar-refractivity contribution < 1.29 is 9.53 Å². The summed E-state index contributed by atoms with van der Waals surface area (Å²) in [4.78, 5) is 14.3. The number of piperidine rings is 1. The van der Waals surface area contributed by atoms with Gasteiger partial charge in [0.1, 0.15) is 6.04 Å². The summed E-state index contributed by atoms with van der Waals surface area (Å²) in [6.45, 7) is 2.27. The topological polar surface area (TPSA) is 55.6 Å². The van der Waals surface area contributed by atoms with Crippen LogP contribution < -0.4 is 5.73 Å². The van der Waals surface area contributed by atoms with Crippen molar-refractivity contribution in [3.63, 3.8) is 0 Å². The van der Waals surface area contributed by atoms with Crippen LogP contribution in [0.15, 0.2) is 30.3 Å². The Morgan fingerprint density at radius 1 is 1.47 bits per heavy atom. The number of rotatable bonds is 4. The van der Waals surface area contributed by atoms with Gasteiger partial charge in [0, 0.05) is 20.2 Å². The van der Waals surface area contributed by atoms with E-state index in [2.05, 4.69) is 0 Å². The molecule has 2 rings (SSSR count). The van der Waals surface area contributed by atoms with Crippen molar-refractivity contribution in [2.75, 3.05) is 26.8 Å². The van der Waals surface area contributed by atoms with Gasteiger partial charge < -0.3 is 15.4 Å². The summed E-state index contributed by atoms with van der Waals surface area (Å²) in [5.74, 6) is 0.456. The molecule has 1 aromatic carbocycles. The van der Waals surface area contributed by atoms with Crippen LogP contribution in [-0.4, -0.2) is 37.6 Å². The number of nitrogens with two attached hydrogens (primary N) is 1. The molecule has 1 heterocycles. The lowest BCUT2D eigenvalue weighted by Gasteiger charge is -2.34. The van der Waals surface area contributed by atoms with Gasteiger partial charge >= 0.3 is 0 Å². The van der Waals surface area contributed by atoms with Crippen molar-refractivity contribution in [2.24, 2.45) is 11.7 Å². The molecule has 0 radical (unpaired) electrons. The summed E-state index contributed by atoms with van der Waals surface area (Å²) >= 11 is 0. The van der Waals surface area contributed by atoms with E-state index >= 15 is 0 Å². The molecule has 4 nitrogen and oxygen atoms in total. The average Bonchev–Trinajstić information content (AvgIpc) is 2.47. The maximum atomic E-state index is 12.4. The smallest absolute Gasteiger partial charge is 0.244 e. The Morgan fingerprint density at radius 2 is 2.21 bits per heavy atom. The molecule has 0 saturated carbocycles. The molecule has 1 fully saturated rings. The van der Waals surface area contributed by atoms with Crippen LogP contribution in [0.25, 0.3) is 0 Å². The monoisotopic (exact) mass is 262 g/mol. The van der Waals surface area contributed by atoms with Gasteiger partial charge in [-0.1, -0.05) is 30.3 Å². The molecule has 2 N–H and O–H groups in total. The number of amides is 1. The van der Waals surface area contributed by atoms with Gasteiger partial charge in [-0.15, -0.1) is 0 Å². The number of methoxy groups -OCH3 is 1.